The third kappa shape index (κ3) is 3.08. The van der Waals surface area contributed by atoms with Gasteiger partial charge in [-0.05, 0) is 17.7 Å². The van der Waals surface area contributed by atoms with Gasteiger partial charge < -0.3 is 4.74 Å². The molecule has 86 valence electrons. The molecule has 0 radical (unpaired) electrons. The number of ether oxygens (including phenoxy) is 1. The topological polar surface area (TPSA) is 33.6 Å². The fourth-order valence-electron chi connectivity index (χ4n) is 1.45. The monoisotopic (exact) mass is 226 g/mol. The van der Waals surface area contributed by atoms with Gasteiger partial charge in [-0.3, -0.25) is 5.43 Å². The summed E-state index contributed by atoms with van der Waals surface area (Å²) < 4.78 is 5.21. The van der Waals surface area contributed by atoms with E-state index in [1.165, 1.54) is 0 Å². The molecule has 0 saturated carbocycles. The Kier molecular flexibility index (Phi) is 3.76. The van der Waals surface area contributed by atoms with Gasteiger partial charge in [0, 0.05) is 0 Å². The van der Waals surface area contributed by atoms with Gasteiger partial charge in [-0.2, -0.15) is 5.10 Å². The molecule has 2 aromatic carbocycles. The summed E-state index contributed by atoms with van der Waals surface area (Å²) in [5, 5.41) is 4.17. The smallest absolute Gasteiger partial charge is 0.143 e. The molecule has 0 bridgehead atoms. The van der Waals surface area contributed by atoms with E-state index in [1.54, 1.807) is 13.3 Å². The lowest BCUT2D eigenvalue weighted by atomic mass is 10.2. The molecule has 0 fully saturated rings. The number of methoxy groups -OCH3 is 1. The summed E-state index contributed by atoms with van der Waals surface area (Å²) >= 11 is 0. The van der Waals surface area contributed by atoms with Gasteiger partial charge in [-0.25, -0.2) is 0 Å². The number of benzene rings is 2. The number of anilines is 1. The molecule has 0 unspecified atom stereocenters. The Morgan fingerprint density at radius 3 is 2.47 bits per heavy atom. The SMILES string of the molecule is COc1ccccc1N/N=C/c1ccccc1. The summed E-state index contributed by atoms with van der Waals surface area (Å²) in [6.45, 7) is 0. The lowest BCUT2D eigenvalue weighted by Gasteiger charge is -2.06. The number of hydrazone groups is 1. The molecule has 0 atom stereocenters. The number of nitrogens with zero attached hydrogens (tertiary/aromatic N) is 1. The highest BCUT2D eigenvalue weighted by Gasteiger charge is 1.97. The largest absolute Gasteiger partial charge is 0.495 e. The Morgan fingerprint density at radius 1 is 1.00 bits per heavy atom. The maximum atomic E-state index is 5.21. The average Bonchev–Trinajstić information content (AvgIpc) is 2.40. The van der Waals surface area contributed by atoms with Crippen molar-refractivity contribution in [3.63, 3.8) is 0 Å². The molecule has 17 heavy (non-hydrogen) atoms. The molecular formula is C14H14N2O. The van der Waals surface area contributed by atoms with Crippen molar-refractivity contribution in [3.8, 4) is 5.75 Å². The molecule has 0 spiro atoms. The van der Waals surface area contributed by atoms with Crippen LogP contribution in [0.4, 0.5) is 5.69 Å². The molecule has 0 aromatic heterocycles. The molecule has 0 amide bonds. The molecule has 3 nitrogen and oxygen atoms in total. The first-order chi connectivity index (χ1) is 8.40. The number of para-hydroxylation sites is 2. The quantitative estimate of drug-likeness (QED) is 0.642. The highest BCUT2D eigenvalue weighted by Crippen LogP contribution is 2.22. The summed E-state index contributed by atoms with van der Waals surface area (Å²) in [4.78, 5) is 0. The van der Waals surface area contributed by atoms with Crippen molar-refractivity contribution in [1.29, 1.82) is 0 Å². The lowest BCUT2D eigenvalue weighted by Crippen LogP contribution is -1.93. The van der Waals surface area contributed by atoms with Gasteiger partial charge in [-0.15, -0.1) is 0 Å². The second-order valence-corrected chi connectivity index (χ2v) is 3.48. The van der Waals surface area contributed by atoms with E-state index < -0.39 is 0 Å². The van der Waals surface area contributed by atoms with Crippen LogP contribution >= 0.6 is 0 Å². The Morgan fingerprint density at radius 2 is 1.71 bits per heavy atom. The summed E-state index contributed by atoms with van der Waals surface area (Å²) in [6, 6.07) is 17.6. The van der Waals surface area contributed by atoms with Crippen molar-refractivity contribution >= 4 is 11.9 Å². The molecule has 1 N–H and O–H groups in total. The van der Waals surface area contributed by atoms with Crippen LogP contribution in [-0.2, 0) is 0 Å². The lowest BCUT2D eigenvalue weighted by molar-refractivity contribution is 0.416. The number of hydrogen-bond donors (Lipinski definition) is 1. The van der Waals surface area contributed by atoms with Crippen molar-refractivity contribution in [3.05, 3.63) is 60.2 Å². The minimum absolute atomic E-state index is 0.776. The molecule has 0 aliphatic heterocycles. The summed E-state index contributed by atoms with van der Waals surface area (Å²) in [6.07, 6.45) is 1.77. The number of rotatable bonds is 4. The molecular weight excluding hydrogens is 212 g/mol. The molecule has 0 aliphatic rings. The molecule has 0 aliphatic carbocycles. The van der Waals surface area contributed by atoms with Crippen LogP contribution in [0.15, 0.2) is 59.7 Å². The molecule has 2 aromatic rings. The van der Waals surface area contributed by atoms with Crippen LogP contribution in [0.1, 0.15) is 5.56 Å². The van der Waals surface area contributed by atoms with Gasteiger partial charge in [0.25, 0.3) is 0 Å². The minimum atomic E-state index is 0.776. The maximum absolute atomic E-state index is 5.21. The predicted molar refractivity (Wildman–Crippen MR) is 70.7 cm³/mol. The average molecular weight is 226 g/mol. The van der Waals surface area contributed by atoms with Crippen molar-refractivity contribution in [2.45, 2.75) is 0 Å². The van der Waals surface area contributed by atoms with Crippen molar-refractivity contribution in [2.24, 2.45) is 5.10 Å². The van der Waals surface area contributed by atoms with Crippen LogP contribution in [0.3, 0.4) is 0 Å². The van der Waals surface area contributed by atoms with E-state index in [4.69, 9.17) is 4.74 Å². The van der Waals surface area contributed by atoms with Crippen molar-refractivity contribution in [2.75, 3.05) is 12.5 Å². The zero-order valence-corrected chi connectivity index (χ0v) is 9.63. The first-order valence-corrected chi connectivity index (χ1v) is 5.37. The van der Waals surface area contributed by atoms with Crippen LogP contribution in [-0.4, -0.2) is 13.3 Å². The molecule has 3 heteroatoms. The number of nitrogens with one attached hydrogen (secondary N) is 1. The molecule has 0 heterocycles. The van der Waals surface area contributed by atoms with E-state index >= 15 is 0 Å². The summed E-state index contributed by atoms with van der Waals surface area (Å²) in [7, 11) is 1.64. The predicted octanol–water partition coefficient (Wildman–Crippen LogP) is 3.14. The van der Waals surface area contributed by atoms with Crippen LogP contribution in [0.25, 0.3) is 0 Å². The van der Waals surface area contributed by atoms with Gasteiger partial charge in [0.15, 0.2) is 0 Å². The van der Waals surface area contributed by atoms with Crippen molar-refractivity contribution in [1.82, 2.24) is 0 Å². The van der Waals surface area contributed by atoms with Crippen LogP contribution in [0.2, 0.25) is 0 Å². The van der Waals surface area contributed by atoms with E-state index in [0.717, 1.165) is 17.0 Å². The van der Waals surface area contributed by atoms with Gasteiger partial charge >= 0.3 is 0 Å². The normalized spacial score (nSPS) is 10.4. The van der Waals surface area contributed by atoms with E-state index in [-0.39, 0.29) is 0 Å². The Balaban J connectivity index is 2.05. The fraction of sp³-hybridized carbons (Fsp3) is 0.0714. The maximum Gasteiger partial charge on any atom is 0.143 e. The standard InChI is InChI=1S/C14H14N2O/c1-17-14-10-6-5-9-13(14)16-15-11-12-7-3-2-4-8-12/h2-11,16H,1H3/b15-11+. The highest BCUT2D eigenvalue weighted by molar-refractivity contribution is 5.80. The summed E-state index contributed by atoms with van der Waals surface area (Å²) in [5.74, 6) is 0.776. The Bertz CT molecular complexity index is 495. The number of hydrogen-bond acceptors (Lipinski definition) is 3. The van der Waals surface area contributed by atoms with Gasteiger partial charge in [-0.1, -0.05) is 42.5 Å². The van der Waals surface area contributed by atoms with E-state index in [1.807, 2.05) is 54.6 Å². The second-order valence-electron chi connectivity index (χ2n) is 3.48. The zero-order chi connectivity index (χ0) is 11.9. The van der Waals surface area contributed by atoms with Gasteiger partial charge in [0.2, 0.25) is 0 Å². The van der Waals surface area contributed by atoms with Crippen LogP contribution in [0, 0.1) is 0 Å². The highest BCUT2D eigenvalue weighted by atomic mass is 16.5. The Labute approximate surface area is 101 Å². The van der Waals surface area contributed by atoms with Crippen LogP contribution in [0.5, 0.6) is 5.75 Å². The minimum Gasteiger partial charge on any atom is -0.495 e. The third-order valence-electron chi connectivity index (χ3n) is 2.31. The fourth-order valence-corrected chi connectivity index (χ4v) is 1.45. The zero-order valence-electron chi connectivity index (χ0n) is 9.63. The van der Waals surface area contributed by atoms with E-state index in [9.17, 15) is 0 Å². The second kappa shape index (κ2) is 5.70. The van der Waals surface area contributed by atoms with Gasteiger partial charge in [0.05, 0.1) is 19.0 Å². The molecule has 0 saturated heterocycles. The molecule has 2 rings (SSSR count). The van der Waals surface area contributed by atoms with Crippen LogP contribution < -0.4 is 10.2 Å². The van der Waals surface area contributed by atoms with Crippen molar-refractivity contribution < 1.29 is 4.74 Å². The van der Waals surface area contributed by atoms with E-state index in [0.29, 0.717) is 0 Å². The Hall–Kier alpha value is -2.29. The summed E-state index contributed by atoms with van der Waals surface area (Å²) in [5.41, 5.74) is 4.86. The first-order valence-electron chi connectivity index (χ1n) is 5.37. The third-order valence-corrected chi connectivity index (χ3v) is 2.31. The first kappa shape index (κ1) is 11.2. The van der Waals surface area contributed by atoms with Gasteiger partial charge in [0.1, 0.15) is 5.75 Å². The van der Waals surface area contributed by atoms with E-state index in [2.05, 4.69) is 10.5 Å².